The van der Waals surface area contributed by atoms with E-state index in [2.05, 4.69) is 36.3 Å². The van der Waals surface area contributed by atoms with Gasteiger partial charge in [-0.2, -0.15) is 0 Å². The van der Waals surface area contributed by atoms with Gasteiger partial charge in [-0.25, -0.2) is 4.98 Å². The number of ether oxygens (including phenoxy) is 2. The average molecular weight is 431 g/mol. The first-order chi connectivity index (χ1) is 15.5. The van der Waals surface area contributed by atoms with Gasteiger partial charge >= 0.3 is 0 Å². The standard InChI is InChI=1S/C26H26N2O4/c1-5-16(2)18-8-13-23-22(14-18)28-26(32-23)17-6-9-19(10-7-17)27-25(29)21-12-11-20(30-3)15-24(21)31-4/h6-16H,5H2,1-4H3,(H,27,29). The van der Waals surface area contributed by atoms with Crippen LogP contribution >= 0.6 is 0 Å². The lowest BCUT2D eigenvalue weighted by Gasteiger charge is -2.11. The predicted octanol–water partition coefficient (Wildman–Crippen LogP) is 6.28. The van der Waals surface area contributed by atoms with Gasteiger partial charge in [-0.1, -0.05) is 19.9 Å². The topological polar surface area (TPSA) is 73.6 Å². The van der Waals surface area contributed by atoms with Crippen molar-refractivity contribution in [1.82, 2.24) is 4.98 Å². The molecule has 1 amide bonds. The van der Waals surface area contributed by atoms with Crippen LogP contribution in [-0.4, -0.2) is 25.1 Å². The van der Waals surface area contributed by atoms with E-state index in [1.807, 2.05) is 30.3 Å². The van der Waals surface area contributed by atoms with Crippen LogP contribution in [0.4, 0.5) is 5.69 Å². The Morgan fingerprint density at radius 3 is 2.50 bits per heavy atom. The van der Waals surface area contributed by atoms with Gasteiger partial charge in [0.15, 0.2) is 5.58 Å². The molecule has 0 saturated carbocycles. The van der Waals surface area contributed by atoms with Crippen molar-refractivity contribution in [3.63, 3.8) is 0 Å². The minimum atomic E-state index is -0.267. The second-order valence-electron chi connectivity index (χ2n) is 7.65. The molecule has 32 heavy (non-hydrogen) atoms. The lowest BCUT2D eigenvalue weighted by molar-refractivity contribution is 0.102. The lowest BCUT2D eigenvalue weighted by atomic mass is 9.98. The zero-order valence-electron chi connectivity index (χ0n) is 18.6. The Bertz CT molecular complexity index is 1240. The molecule has 3 aromatic carbocycles. The zero-order valence-corrected chi connectivity index (χ0v) is 18.6. The predicted molar refractivity (Wildman–Crippen MR) is 126 cm³/mol. The van der Waals surface area contributed by atoms with Crippen LogP contribution in [0, 0.1) is 0 Å². The van der Waals surface area contributed by atoms with Gasteiger partial charge in [0.25, 0.3) is 5.91 Å². The lowest BCUT2D eigenvalue weighted by Crippen LogP contribution is -2.13. The van der Waals surface area contributed by atoms with Crippen LogP contribution in [0.15, 0.2) is 65.1 Å². The molecule has 0 saturated heterocycles. The number of hydrogen-bond donors (Lipinski definition) is 1. The summed E-state index contributed by atoms with van der Waals surface area (Å²) in [4.78, 5) is 17.4. The summed E-state index contributed by atoms with van der Waals surface area (Å²) < 4.78 is 16.4. The molecular weight excluding hydrogens is 404 g/mol. The van der Waals surface area contributed by atoms with Gasteiger partial charge in [-0.15, -0.1) is 0 Å². The van der Waals surface area contributed by atoms with E-state index in [0.717, 1.165) is 23.1 Å². The summed E-state index contributed by atoms with van der Waals surface area (Å²) in [5.41, 5.74) is 4.79. The summed E-state index contributed by atoms with van der Waals surface area (Å²) in [5, 5.41) is 2.89. The smallest absolute Gasteiger partial charge is 0.259 e. The number of carbonyl (C=O) groups excluding carboxylic acids is 1. The molecule has 0 bridgehead atoms. The van der Waals surface area contributed by atoms with Gasteiger partial charge in [0.2, 0.25) is 5.89 Å². The molecule has 1 aromatic heterocycles. The third-order valence-corrected chi connectivity index (χ3v) is 5.64. The van der Waals surface area contributed by atoms with E-state index in [4.69, 9.17) is 13.9 Å². The van der Waals surface area contributed by atoms with Gasteiger partial charge in [0.1, 0.15) is 17.0 Å². The molecule has 164 valence electrons. The highest BCUT2D eigenvalue weighted by Crippen LogP contribution is 2.29. The fourth-order valence-corrected chi connectivity index (χ4v) is 3.49. The first-order valence-corrected chi connectivity index (χ1v) is 10.6. The molecule has 0 spiro atoms. The van der Waals surface area contributed by atoms with E-state index < -0.39 is 0 Å². The highest BCUT2D eigenvalue weighted by molar-refractivity contribution is 6.06. The van der Waals surface area contributed by atoms with E-state index in [-0.39, 0.29) is 5.91 Å². The molecule has 0 radical (unpaired) electrons. The van der Waals surface area contributed by atoms with Crippen molar-refractivity contribution < 1.29 is 18.7 Å². The molecule has 0 aliphatic rings. The van der Waals surface area contributed by atoms with E-state index in [0.29, 0.717) is 34.6 Å². The molecule has 0 fully saturated rings. The van der Waals surface area contributed by atoms with Crippen LogP contribution in [0.25, 0.3) is 22.6 Å². The van der Waals surface area contributed by atoms with Gasteiger partial charge in [-0.3, -0.25) is 4.79 Å². The van der Waals surface area contributed by atoms with Crippen LogP contribution in [0.2, 0.25) is 0 Å². The van der Waals surface area contributed by atoms with Crippen LogP contribution in [0.3, 0.4) is 0 Å². The van der Waals surface area contributed by atoms with Gasteiger partial charge in [-0.05, 0) is 66.4 Å². The number of hydrogen-bond acceptors (Lipinski definition) is 5. The second kappa shape index (κ2) is 9.14. The molecule has 0 aliphatic heterocycles. The highest BCUT2D eigenvalue weighted by Gasteiger charge is 2.15. The molecule has 6 nitrogen and oxygen atoms in total. The molecule has 4 aromatic rings. The van der Waals surface area contributed by atoms with Crippen molar-refractivity contribution >= 4 is 22.7 Å². The largest absolute Gasteiger partial charge is 0.497 e. The molecule has 4 rings (SSSR count). The third-order valence-electron chi connectivity index (χ3n) is 5.64. The zero-order chi connectivity index (χ0) is 22.7. The summed E-state index contributed by atoms with van der Waals surface area (Å²) in [5.74, 6) is 1.83. The van der Waals surface area contributed by atoms with E-state index in [9.17, 15) is 4.79 Å². The fourth-order valence-electron chi connectivity index (χ4n) is 3.49. The van der Waals surface area contributed by atoms with Crippen molar-refractivity contribution in [2.75, 3.05) is 19.5 Å². The average Bonchev–Trinajstić information content (AvgIpc) is 3.26. The Balaban J connectivity index is 1.53. The number of amides is 1. The van der Waals surface area contributed by atoms with Crippen molar-refractivity contribution in [1.29, 1.82) is 0 Å². The van der Waals surface area contributed by atoms with Crippen LogP contribution < -0.4 is 14.8 Å². The summed E-state index contributed by atoms with van der Waals surface area (Å²) in [6, 6.07) is 18.6. The number of carbonyl (C=O) groups is 1. The number of nitrogens with one attached hydrogen (secondary N) is 1. The Morgan fingerprint density at radius 1 is 1.03 bits per heavy atom. The maximum absolute atomic E-state index is 12.7. The van der Waals surface area contributed by atoms with Gasteiger partial charge < -0.3 is 19.2 Å². The number of methoxy groups -OCH3 is 2. The van der Waals surface area contributed by atoms with E-state index >= 15 is 0 Å². The SMILES string of the molecule is CCC(C)c1ccc2oc(-c3ccc(NC(=O)c4ccc(OC)cc4OC)cc3)nc2c1. The van der Waals surface area contributed by atoms with Crippen molar-refractivity contribution in [3.8, 4) is 23.0 Å². The van der Waals surface area contributed by atoms with Crippen molar-refractivity contribution in [3.05, 3.63) is 71.8 Å². The first kappa shape index (κ1) is 21.4. The summed E-state index contributed by atoms with van der Waals surface area (Å²) in [7, 11) is 3.09. The van der Waals surface area contributed by atoms with E-state index in [1.165, 1.54) is 12.7 Å². The quantitative estimate of drug-likeness (QED) is 0.374. The molecule has 1 heterocycles. The molecule has 0 aliphatic carbocycles. The Labute approximate surface area is 187 Å². The summed E-state index contributed by atoms with van der Waals surface area (Å²) >= 11 is 0. The Kier molecular flexibility index (Phi) is 6.12. The van der Waals surface area contributed by atoms with Gasteiger partial charge in [0.05, 0.1) is 19.8 Å². The number of rotatable bonds is 7. The molecule has 1 atom stereocenters. The minimum absolute atomic E-state index is 0.267. The van der Waals surface area contributed by atoms with Crippen LogP contribution in [0.5, 0.6) is 11.5 Å². The number of nitrogens with zero attached hydrogens (tertiary/aromatic N) is 1. The molecule has 1 N–H and O–H groups in total. The van der Waals surface area contributed by atoms with Crippen molar-refractivity contribution in [2.24, 2.45) is 0 Å². The number of anilines is 1. The summed E-state index contributed by atoms with van der Waals surface area (Å²) in [6.07, 6.45) is 1.08. The van der Waals surface area contributed by atoms with Crippen LogP contribution in [-0.2, 0) is 0 Å². The second-order valence-corrected chi connectivity index (χ2v) is 7.65. The molecular formula is C26H26N2O4. The number of fused-ring (bicyclic) bond motifs is 1. The molecule has 6 heteroatoms. The maximum atomic E-state index is 12.7. The number of aromatic nitrogens is 1. The molecule has 1 unspecified atom stereocenters. The number of benzene rings is 3. The minimum Gasteiger partial charge on any atom is -0.497 e. The Morgan fingerprint density at radius 2 is 1.81 bits per heavy atom. The fraction of sp³-hybridized carbons (Fsp3) is 0.231. The Hall–Kier alpha value is -3.80. The maximum Gasteiger partial charge on any atom is 0.259 e. The monoisotopic (exact) mass is 430 g/mol. The summed E-state index contributed by atoms with van der Waals surface area (Å²) in [6.45, 7) is 4.38. The van der Waals surface area contributed by atoms with Crippen molar-refractivity contribution in [2.45, 2.75) is 26.2 Å². The third kappa shape index (κ3) is 4.30. The normalized spacial score (nSPS) is 11.9. The number of oxazole rings is 1. The first-order valence-electron chi connectivity index (χ1n) is 10.6. The highest BCUT2D eigenvalue weighted by atomic mass is 16.5. The van der Waals surface area contributed by atoms with Gasteiger partial charge in [0, 0.05) is 17.3 Å². The van der Waals surface area contributed by atoms with E-state index in [1.54, 1.807) is 25.3 Å². The van der Waals surface area contributed by atoms with Crippen LogP contribution in [0.1, 0.15) is 42.1 Å².